The zero-order valence-corrected chi connectivity index (χ0v) is 11.1. The van der Waals surface area contributed by atoms with E-state index in [1.54, 1.807) is 17.3 Å². The van der Waals surface area contributed by atoms with E-state index in [1.807, 2.05) is 19.2 Å². The molecule has 2 heterocycles. The number of amides is 1. The van der Waals surface area contributed by atoms with Crippen molar-refractivity contribution >= 4 is 11.6 Å². The summed E-state index contributed by atoms with van der Waals surface area (Å²) in [5.74, 6) is 0.211. The highest BCUT2D eigenvalue weighted by Crippen LogP contribution is 2.34. The normalized spacial score (nSPS) is 23.0. The first-order valence-corrected chi connectivity index (χ1v) is 6.58. The minimum atomic E-state index is -0.223. The van der Waals surface area contributed by atoms with Crippen molar-refractivity contribution in [3.05, 3.63) is 24.5 Å². The summed E-state index contributed by atoms with van der Waals surface area (Å²) in [6, 6.07) is 3.78. The van der Waals surface area contributed by atoms with E-state index >= 15 is 0 Å². The second kappa shape index (κ2) is 5.48. The topological polar surface area (TPSA) is 45.2 Å². The average Bonchev–Trinajstić information content (AvgIpc) is 2.88. The Labute approximate surface area is 108 Å². The lowest BCUT2D eigenvalue weighted by molar-refractivity contribution is -0.127. The maximum atomic E-state index is 12.7. The number of anilines is 1. The van der Waals surface area contributed by atoms with Crippen molar-refractivity contribution in [3.8, 4) is 0 Å². The Morgan fingerprint density at radius 3 is 3.00 bits per heavy atom. The highest BCUT2D eigenvalue weighted by atomic mass is 16.2. The van der Waals surface area contributed by atoms with Gasteiger partial charge in [-0.1, -0.05) is 13.3 Å². The largest absolute Gasteiger partial charge is 0.316 e. The highest BCUT2D eigenvalue weighted by molar-refractivity contribution is 5.97. The van der Waals surface area contributed by atoms with Gasteiger partial charge in [0.05, 0.1) is 17.3 Å². The minimum absolute atomic E-state index is 0.211. The zero-order chi connectivity index (χ0) is 13.0. The van der Waals surface area contributed by atoms with Gasteiger partial charge in [0.2, 0.25) is 5.91 Å². The minimum Gasteiger partial charge on any atom is -0.316 e. The first-order valence-electron chi connectivity index (χ1n) is 6.58. The molecule has 1 aromatic rings. The molecule has 0 radical (unpaired) electrons. The number of carbonyl (C=O) groups excluding carboxylic acids is 1. The molecule has 4 heteroatoms. The Kier molecular flexibility index (Phi) is 3.97. The van der Waals surface area contributed by atoms with Crippen molar-refractivity contribution in [1.82, 2.24) is 10.3 Å². The van der Waals surface area contributed by atoms with Gasteiger partial charge < -0.3 is 10.2 Å². The SMILES string of the molecule is CCCC1(C(=O)N(C)c2cccnc2)CCNC1. The van der Waals surface area contributed by atoms with Crippen LogP contribution in [0.25, 0.3) is 0 Å². The Morgan fingerprint density at radius 2 is 2.44 bits per heavy atom. The molecule has 1 saturated heterocycles. The molecule has 1 aliphatic heterocycles. The molecule has 1 unspecified atom stereocenters. The zero-order valence-electron chi connectivity index (χ0n) is 11.1. The van der Waals surface area contributed by atoms with E-state index in [2.05, 4.69) is 17.2 Å². The predicted octanol–water partition coefficient (Wildman–Crippen LogP) is 1.82. The smallest absolute Gasteiger partial charge is 0.234 e. The van der Waals surface area contributed by atoms with Gasteiger partial charge in [-0.3, -0.25) is 9.78 Å². The van der Waals surface area contributed by atoms with Crippen molar-refractivity contribution < 1.29 is 4.79 Å². The van der Waals surface area contributed by atoms with Crippen LogP contribution in [0, 0.1) is 5.41 Å². The Balaban J connectivity index is 2.19. The standard InChI is InChI=1S/C14H21N3O/c1-3-6-14(7-9-16-11-14)13(18)17(2)12-5-4-8-15-10-12/h4-5,8,10,16H,3,6-7,9,11H2,1-2H3. The van der Waals surface area contributed by atoms with Gasteiger partial charge in [0.15, 0.2) is 0 Å². The fourth-order valence-electron chi connectivity index (χ4n) is 2.75. The van der Waals surface area contributed by atoms with Gasteiger partial charge in [-0.2, -0.15) is 0 Å². The summed E-state index contributed by atoms with van der Waals surface area (Å²) in [5, 5.41) is 3.32. The number of hydrogen-bond donors (Lipinski definition) is 1. The van der Waals surface area contributed by atoms with Crippen LogP contribution in [0.2, 0.25) is 0 Å². The molecule has 1 N–H and O–H groups in total. The summed E-state index contributed by atoms with van der Waals surface area (Å²) >= 11 is 0. The lowest BCUT2D eigenvalue weighted by Crippen LogP contribution is -2.43. The molecule has 4 nitrogen and oxygen atoms in total. The van der Waals surface area contributed by atoms with Gasteiger partial charge in [0.25, 0.3) is 0 Å². The lowest BCUT2D eigenvalue weighted by Gasteiger charge is -2.31. The van der Waals surface area contributed by atoms with Crippen LogP contribution in [0.15, 0.2) is 24.5 Å². The van der Waals surface area contributed by atoms with E-state index in [-0.39, 0.29) is 11.3 Å². The second-order valence-corrected chi connectivity index (χ2v) is 5.03. The second-order valence-electron chi connectivity index (χ2n) is 5.03. The molecule has 0 bridgehead atoms. The number of carbonyl (C=O) groups is 1. The van der Waals surface area contributed by atoms with Crippen LogP contribution in [0.5, 0.6) is 0 Å². The summed E-state index contributed by atoms with van der Waals surface area (Å²) < 4.78 is 0. The van der Waals surface area contributed by atoms with E-state index in [9.17, 15) is 4.79 Å². The fraction of sp³-hybridized carbons (Fsp3) is 0.571. The first kappa shape index (κ1) is 13.0. The van der Waals surface area contributed by atoms with Crippen molar-refractivity contribution in [2.45, 2.75) is 26.2 Å². The number of hydrogen-bond acceptors (Lipinski definition) is 3. The molecule has 18 heavy (non-hydrogen) atoms. The third kappa shape index (κ3) is 2.38. The maximum Gasteiger partial charge on any atom is 0.234 e. The number of nitrogens with one attached hydrogen (secondary N) is 1. The summed E-state index contributed by atoms with van der Waals surface area (Å²) in [4.78, 5) is 18.5. The summed E-state index contributed by atoms with van der Waals surface area (Å²) in [5.41, 5.74) is 0.643. The average molecular weight is 247 g/mol. The lowest BCUT2D eigenvalue weighted by atomic mass is 9.81. The van der Waals surface area contributed by atoms with Gasteiger partial charge in [0, 0.05) is 19.8 Å². The molecule has 1 atom stereocenters. The number of pyridine rings is 1. The van der Waals surface area contributed by atoms with Crippen molar-refractivity contribution in [1.29, 1.82) is 0 Å². The van der Waals surface area contributed by atoms with E-state index in [1.165, 1.54) is 0 Å². The maximum absolute atomic E-state index is 12.7. The molecular formula is C14H21N3O. The molecule has 1 amide bonds. The predicted molar refractivity (Wildman–Crippen MR) is 72.5 cm³/mol. The van der Waals surface area contributed by atoms with Crippen LogP contribution in [0.4, 0.5) is 5.69 Å². The highest BCUT2D eigenvalue weighted by Gasteiger charge is 2.42. The van der Waals surface area contributed by atoms with Crippen LogP contribution >= 0.6 is 0 Å². The molecule has 98 valence electrons. The summed E-state index contributed by atoms with van der Waals surface area (Å²) in [6.07, 6.45) is 6.38. The van der Waals surface area contributed by atoms with E-state index < -0.39 is 0 Å². The molecule has 2 rings (SSSR count). The Bertz CT molecular complexity index is 399. The molecule has 0 aliphatic carbocycles. The molecule has 0 spiro atoms. The van der Waals surface area contributed by atoms with Crippen molar-refractivity contribution in [2.75, 3.05) is 25.0 Å². The molecular weight excluding hydrogens is 226 g/mol. The third-order valence-electron chi connectivity index (χ3n) is 3.76. The molecule has 1 fully saturated rings. The first-order chi connectivity index (χ1) is 8.69. The molecule has 0 aromatic carbocycles. The molecule has 1 aromatic heterocycles. The Hall–Kier alpha value is -1.42. The van der Waals surface area contributed by atoms with Crippen LogP contribution in [0.1, 0.15) is 26.2 Å². The van der Waals surface area contributed by atoms with Gasteiger partial charge in [-0.05, 0) is 31.5 Å². The molecule has 0 saturated carbocycles. The number of nitrogens with zero attached hydrogens (tertiary/aromatic N) is 2. The van der Waals surface area contributed by atoms with Crippen LogP contribution in [0.3, 0.4) is 0 Å². The molecule has 1 aliphatic rings. The van der Waals surface area contributed by atoms with Crippen LogP contribution < -0.4 is 10.2 Å². The van der Waals surface area contributed by atoms with E-state index in [0.717, 1.165) is 38.0 Å². The monoisotopic (exact) mass is 247 g/mol. The van der Waals surface area contributed by atoms with E-state index in [0.29, 0.717) is 0 Å². The quantitative estimate of drug-likeness (QED) is 0.882. The van der Waals surface area contributed by atoms with Gasteiger partial charge in [-0.25, -0.2) is 0 Å². The van der Waals surface area contributed by atoms with Crippen LogP contribution in [-0.2, 0) is 4.79 Å². The van der Waals surface area contributed by atoms with E-state index in [4.69, 9.17) is 0 Å². The van der Waals surface area contributed by atoms with Crippen molar-refractivity contribution in [3.63, 3.8) is 0 Å². The fourth-order valence-corrected chi connectivity index (χ4v) is 2.75. The summed E-state index contributed by atoms with van der Waals surface area (Å²) in [7, 11) is 1.84. The van der Waals surface area contributed by atoms with Crippen molar-refractivity contribution in [2.24, 2.45) is 5.41 Å². The number of rotatable bonds is 4. The Morgan fingerprint density at radius 1 is 1.61 bits per heavy atom. The van der Waals surface area contributed by atoms with Gasteiger partial charge in [-0.15, -0.1) is 0 Å². The third-order valence-corrected chi connectivity index (χ3v) is 3.76. The summed E-state index contributed by atoms with van der Waals surface area (Å²) in [6.45, 7) is 3.87. The van der Waals surface area contributed by atoms with Gasteiger partial charge in [0.1, 0.15) is 0 Å². The van der Waals surface area contributed by atoms with Crippen LogP contribution in [-0.4, -0.2) is 31.0 Å². The van der Waals surface area contributed by atoms with Gasteiger partial charge >= 0.3 is 0 Å². The number of aromatic nitrogens is 1.